The van der Waals surface area contributed by atoms with Crippen molar-refractivity contribution in [3.8, 4) is 5.75 Å². The topological polar surface area (TPSA) is 52.0 Å². The minimum atomic E-state index is -0.277. The van der Waals surface area contributed by atoms with Crippen LogP contribution in [0, 0.1) is 6.92 Å². The number of ether oxygens (including phenoxy) is 1. The van der Waals surface area contributed by atoms with Gasteiger partial charge in [0.05, 0.1) is 5.70 Å². The van der Waals surface area contributed by atoms with E-state index in [2.05, 4.69) is 70.6 Å². The van der Waals surface area contributed by atoms with Crippen LogP contribution in [-0.2, 0) is 0 Å². The van der Waals surface area contributed by atoms with Gasteiger partial charge in [0.2, 0.25) is 11.1 Å². The van der Waals surface area contributed by atoms with Gasteiger partial charge in [0.1, 0.15) is 17.9 Å². The third-order valence-electron chi connectivity index (χ3n) is 6.09. The summed E-state index contributed by atoms with van der Waals surface area (Å²) in [5.41, 5.74) is 6.66. The summed E-state index contributed by atoms with van der Waals surface area (Å²) in [6, 6.07) is 25.0. The lowest BCUT2D eigenvalue weighted by Gasteiger charge is -2.39. The second kappa shape index (κ2) is 8.08. The molecule has 164 valence electrons. The summed E-state index contributed by atoms with van der Waals surface area (Å²) < 4.78 is 9.70. The molecule has 0 aliphatic carbocycles. The number of anilines is 1. The molecule has 3 aromatic carbocycles. The van der Waals surface area contributed by atoms with Crippen molar-refractivity contribution in [1.82, 2.24) is 14.8 Å². The molecule has 0 saturated carbocycles. The van der Waals surface area contributed by atoms with Crippen molar-refractivity contribution in [3.63, 3.8) is 0 Å². The van der Waals surface area contributed by atoms with Crippen molar-refractivity contribution in [2.24, 2.45) is 0 Å². The van der Waals surface area contributed by atoms with E-state index < -0.39 is 0 Å². The van der Waals surface area contributed by atoms with Gasteiger partial charge < -0.3 is 10.1 Å². The van der Waals surface area contributed by atoms with Crippen molar-refractivity contribution < 1.29 is 4.74 Å². The van der Waals surface area contributed by atoms with E-state index >= 15 is 0 Å². The quantitative estimate of drug-likeness (QED) is 0.309. The van der Waals surface area contributed by atoms with E-state index in [4.69, 9.17) is 14.8 Å². The van der Waals surface area contributed by atoms with Crippen molar-refractivity contribution in [1.29, 1.82) is 0 Å². The lowest BCUT2D eigenvalue weighted by Crippen LogP contribution is -2.32. The molecule has 0 radical (unpaired) electrons. The van der Waals surface area contributed by atoms with Gasteiger partial charge in [-0.1, -0.05) is 81.8 Å². The molecule has 2 aliphatic heterocycles. The highest BCUT2D eigenvalue weighted by molar-refractivity contribution is 9.10. The number of nitrogens with zero attached hydrogens (tertiary/aromatic N) is 3. The molecule has 3 heterocycles. The number of nitrogens with one attached hydrogen (secondary N) is 1. The number of rotatable bonds is 3. The molecule has 0 saturated heterocycles. The first-order valence-corrected chi connectivity index (χ1v) is 12.7. The van der Waals surface area contributed by atoms with Gasteiger partial charge in [-0.15, -0.1) is 5.10 Å². The number of fused-ring (bicyclic) bond motifs is 3. The van der Waals surface area contributed by atoms with Crippen molar-refractivity contribution in [3.05, 3.63) is 105 Å². The van der Waals surface area contributed by atoms with Crippen LogP contribution in [0.3, 0.4) is 0 Å². The number of halogens is 1. The number of hydrogen-bond donors (Lipinski definition) is 1. The molecule has 2 atom stereocenters. The zero-order chi connectivity index (χ0) is 22.5. The Morgan fingerprint density at radius 1 is 1.00 bits per heavy atom. The summed E-state index contributed by atoms with van der Waals surface area (Å²) in [4.78, 5) is 4.76. The summed E-state index contributed by atoms with van der Waals surface area (Å²) in [6.07, 6.45) is 1.72. The number of para-hydroxylation sites is 1. The van der Waals surface area contributed by atoms with Gasteiger partial charge in [0.25, 0.3) is 0 Å². The van der Waals surface area contributed by atoms with Crippen LogP contribution >= 0.6 is 27.7 Å². The SMILES string of the molecule is CSc1nc2n(n1)[C@H](c1ccc(C)cc1)C1=C(N2)c2ccccc2O[C@H]1c1cccc(Br)c1. The highest BCUT2D eigenvalue weighted by Gasteiger charge is 2.41. The zero-order valence-electron chi connectivity index (χ0n) is 18.1. The number of benzene rings is 3. The molecule has 0 bridgehead atoms. The Kier molecular flexibility index (Phi) is 5.03. The van der Waals surface area contributed by atoms with Gasteiger partial charge in [-0.3, -0.25) is 0 Å². The molecule has 6 rings (SSSR count). The maximum absolute atomic E-state index is 6.68. The van der Waals surface area contributed by atoms with E-state index in [9.17, 15) is 0 Å². The normalized spacial score (nSPS) is 18.6. The first-order valence-electron chi connectivity index (χ1n) is 10.7. The van der Waals surface area contributed by atoms with Crippen LogP contribution in [0.5, 0.6) is 5.75 Å². The molecule has 2 aliphatic rings. The third-order valence-corrected chi connectivity index (χ3v) is 7.12. The molecule has 0 amide bonds. The largest absolute Gasteiger partial charge is 0.480 e. The molecule has 1 N–H and O–H groups in total. The Morgan fingerprint density at radius 2 is 1.82 bits per heavy atom. The number of aryl methyl sites for hydroxylation is 1. The molecule has 0 unspecified atom stereocenters. The van der Waals surface area contributed by atoms with E-state index in [0.29, 0.717) is 0 Å². The van der Waals surface area contributed by atoms with Crippen LogP contribution in [0.25, 0.3) is 5.70 Å². The van der Waals surface area contributed by atoms with E-state index in [1.807, 2.05) is 41.3 Å². The van der Waals surface area contributed by atoms with Crippen molar-refractivity contribution >= 4 is 39.3 Å². The third kappa shape index (κ3) is 3.47. The summed E-state index contributed by atoms with van der Waals surface area (Å²) in [6.45, 7) is 2.11. The summed E-state index contributed by atoms with van der Waals surface area (Å²) in [5.74, 6) is 1.60. The van der Waals surface area contributed by atoms with Crippen LogP contribution in [-0.4, -0.2) is 21.0 Å². The first kappa shape index (κ1) is 20.6. The second-order valence-electron chi connectivity index (χ2n) is 8.18. The minimum absolute atomic E-state index is 0.150. The predicted octanol–water partition coefficient (Wildman–Crippen LogP) is 6.63. The molecule has 1 aromatic heterocycles. The van der Waals surface area contributed by atoms with Gasteiger partial charge in [-0.25, -0.2) is 4.68 Å². The number of aromatic nitrogens is 3. The molecule has 33 heavy (non-hydrogen) atoms. The van der Waals surface area contributed by atoms with Gasteiger partial charge in [-0.05, 0) is 48.6 Å². The highest BCUT2D eigenvalue weighted by atomic mass is 79.9. The summed E-state index contributed by atoms with van der Waals surface area (Å²) in [5, 5.41) is 9.19. The van der Waals surface area contributed by atoms with Gasteiger partial charge in [-0.2, -0.15) is 4.98 Å². The number of thioether (sulfide) groups is 1. The Labute approximate surface area is 205 Å². The molecular weight excluding hydrogens is 496 g/mol. The standard InChI is InChI=1S/C26H21BrN4OS/c1-15-10-12-16(13-11-15)23-21-22(28-25-29-26(33-2)30-31(23)25)19-8-3-4-9-20(19)32-24(21)17-6-5-7-18(27)14-17/h3-14,23-24H,1-2H3,(H,28,29,30)/t23-,24+/m1/s1. The van der Waals surface area contributed by atoms with Crippen LogP contribution in [0.4, 0.5) is 5.95 Å². The molecule has 7 heteroatoms. The molecule has 4 aromatic rings. The van der Waals surface area contributed by atoms with Crippen molar-refractivity contribution in [2.75, 3.05) is 11.6 Å². The number of hydrogen-bond acceptors (Lipinski definition) is 5. The fraction of sp³-hybridized carbons (Fsp3) is 0.154. The van der Waals surface area contributed by atoms with Crippen LogP contribution in [0.1, 0.15) is 34.4 Å². The second-order valence-corrected chi connectivity index (χ2v) is 9.87. The average Bonchev–Trinajstić information content (AvgIpc) is 3.26. The van der Waals surface area contributed by atoms with Crippen molar-refractivity contribution in [2.45, 2.75) is 24.2 Å². The van der Waals surface area contributed by atoms with Crippen LogP contribution in [0.2, 0.25) is 0 Å². The van der Waals surface area contributed by atoms with E-state index in [1.165, 1.54) is 5.56 Å². The van der Waals surface area contributed by atoms with E-state index in [1.54, 1.807) is 11.8 Å². The Balaban J connectivity index is 1.64. The fourth-order valence-electron chi connectivity index (χ4n) is 4.56. The predicted molar refractivity (Wildman–Crippen MR) is 136 cm³/mol. The lowest BCUT2D eigenvalue weighted by molar-refractivity contribution is 0.223. The van der Waals surface area contributed by atoms with Crippen LogP contribution < -0.4 is 10.1 Å². The zero-order valence-corrected chi connectivity index (χ0v) is 20.5. The monoisotopic (exact) mass is 516 g/mol. The molecule has 0 fully saturated rings. The maximum atomic E-state index is 6.68. The minimum Gasteiger partial charge on any atom is -0.480 e. The Morgan fingerprint density at radius 3 is 2.61 bits per heavy atom. The molecule has 5 nitrogen and oxygen atoms in total. The Bertz CT molecular complexity index is 1400. The smallest absolute Gasteiger partial charge is 0.227 e. The molecule has 0 spiro atoms. The first-order chi connectivity index (χ1) is 16.1. The van der Waals surface area contributed by atoms with E-state index in [0.717, 1.165) is 49.3 Å². The highest BCUT2D eigenvalue weighted by Crippen LogP contribution is 2.51. The van der Waals surface area contributed by atoms with E-state index in [-0.39, 0.29) is 12.1 Å². The molecular formula is C26H21BrN4OS. The fourth-order valence-corrected chi connectivity index (χ4v) is 5.32. The average molecular weight is 517 g/mol. The van der Waals surface area contributed by atoms with Gasteiger partial charge in [0.15, 0.2) is 0 Å². The Hall–Kier alpha value is -3.03. The summed E-state index contributed by atoms with van der Waals surface area (Å²) >= 11 is 5.18. The maximum Gasteiger partial charge on any atom is 0.227 e. The summed E-state index contributed by atoms with van der Waals surface area (Å²) in [7, 11) is 0. The van der Waals surface area contributed by atoms with Gasteiger partial charge in [0, 0.05) is 15.6 Å². The van der Waals surface area contributed by atoms with Gasteiger partial charge >= 0.3 is 0 Å². The van der Waals surface area contributed by atoms with Crippen LogP contribution in [0.15, 0.2) is 88.0 Å². The lowest BCUT2D eigenvalue weighted by atomic mass is 9.84.